The van der Waals surface area contributed by atoms with Crippen molar-refractivity contribution in [3.63, 3.8) is 0 Å². The third kappa shape index (κ3) is 8.11. The molecule has 1 aliphatic heterocycles. The highest BCUT2D eigenvalue weighted by molar-refractivity contribution is 14.0. The zero-order chi connectivity index (χ0) is 19.5. The molecule has 0 bridgehead atoms. The molecule has 1 fully saturated rings. The normalized spacial score (nSPS) is 17.0. The molecule has 0 saturated carbocycles. The van der Waals surface area contributed by atoms with Crippen LogP contribution in [0.3, 0.4) is 0 Å². The van der Waals surface area contributed by atoms with E-state index in [1.165, 1.54) is 13.0 Å². The van der Waals surface area contributed by atoms with E-state index in [4.69, 9.17) is 9.73 Å². The van der Waals surface area contributed by atoms with Crippen molar-refractivity contribution in [1.29, 1.82) is 0 Å². The number of rotatable bonds is 10. The molecule has 1 unspecified atom stereocenters. The predicted molar refractivity (Wildman–Crippen MR) is 128 cm³/mol. The van der Waals surface area contributed by atoms with Gasteiger partial charge in [-0.1, -0.05) is 26.8 Å². The molecule has 1 aliphatic rings. The van der Waals surface area contributed by atoms with Gasteiger partial charge in [-0.05, 0) is 44.3 Å². The van der Waals surface area contributed by atoms with E-state index < -0.39 is 0 Å². The summed E-state index contributed by atoms with van der Waals surface area (Å²) in [5.74, 6) is 2.44. The summed E-state index contributed by atoms with van der Waals surface area (Å²) < 4.78 is 5.55. The Morgan fingerprint density at radius 1 is 1.29 bits per heavy atom. The van der Waals surface area contributed by atoms with Gasteiger partial charge in [-0.3, -0.25) is 0 Å². The molecular formula is C21H38IN5O. The van der Waals surface area contributed by atoms with Gasteiger partial charge in [0.1, 0.15) is 0 Å². The maximum absolute atomic E-state index is 5.55. The van der Waals surface area contributed by atoms with E-state index in [1.807, 2.05) is 12.3 Å². The lowest BCUT2D eigenvalue weighted by atomic mass is 10.1. The third-order valence-corrected chi connectivity index (χ3v) is 4.99. The maximum atomic E-state index is 5.55. The first-order chi connectivity index (χ1) is 13.2. The van der Waals surface area contributed by atoms with Gasteiger partial charge < -0.3 is 19.9 Å². The van der Waals surface area contributed by atoms with E-state index in [0.29, 0.717) is 19.0 Å². The largest absolute Gasteiger partial charge is 0.478 e. The molecule has 0 radical (unpaired) electrons. The number of hydrogen-bond donors (Lipinski definition) is 1. The molecule has 1 saturated heterocycles. The van der Waals surface area contributed by atoms with Crippen LogP contribution in [0.5, 0.6) is 5.88 Å². The number of aliphatic imine (C=N–C) groups is 1. The van der Waals surface area contributed by atoms with Crippen LogP contribution >= 0.6 is 24.0 Å². The number of nitrogens with zero attached hydrogens (tertiary/aromatic N) is 4. The monoisotopic (exact) mass is 503 g/mol. The molecule has 28 heavy (non-hydrogen) atoms. The first-order valence-corrected chi connectivity index (χ1v) is 10.5. The predicted octanol–water partition coefficient (Wildman–Crippen LogP) is 3.62. The molecule has 2 heterocycles. The fourth-order valence-electron chi connectivity index (χ4n) is 3.41. The summed E-state index contributed by atoms with van der Waals surface area (Å²) >= 11 is 0. The van der Waals surface area contributed by atoms with Crippen LogP contribution in [0.2, 0.25) is 0 Å². The molecule has 160 valence electrons. The summed E-state index contributed by atoms with van der Waals surface area (Å²) in [6.45, 7) is 16.6. The van der Waals surface area contributed by atoms with Crippen molar-refractivity contribution in [1.82, 2.24) is 20.1 Å². The van der Waals surface area contributed by atoms with Gasteiger partial charge in [-0.25, -0.2) is 9.98 Å². The molecule has 2 rings (SSSR count). The van der Waals surface area contributed by atoms with Crippen LogP contribution in [0.4, 0.5) is 0 Å². The van der Waals surface area contributed by atoms with E-state index in [9.17, 15) is 0 Å². The van der Waals surface area contributed by atoms with Crippen molar-refractivity contribution in [2.24, 2.45) is 10.9 Å². The van der Waals surface area contributed by atoms with Gasteiger partial charge in [0, 0.05) is 38.4 Å². The molecule has 6 nitrogen and oxygen atoms in total. The van der Waals surface area contributed by atoms with Crippen LogP contribution in [-0.4, -0.2) is 66.6 Å². The van der Waals surface area contributed by atoms with Gasteiger partial charge in [0.25, 0.3) is 0 Å². The first-order valence-electron chi connectivity index (χ1n) is 10.5. The molecule has 0 aliphatic carbocycles. The van der Waals surface area contributed by atoms with E-state index in [2.05, 4.69) is 53.9 Å². The lowest BCUT2D eigenvalue weighted by molar-refractivity contribution is 0.255. The van der Waals surface area contributed by atoms with E-state index in [1.54, 1.807) is 0 Å². The fourth-order valence-corrected chi connectivity index (χ4v) is 3.41. The highest BCUT2D eigenvalue weighted by Gasteiger charge is 2.25. The molecule has 0 spiro atoms. The lowest BCUT2D eigenvalue weighted by Gasteiger charge is -2.24. The number of guanidine groups is 1. The second-order valence-corrected chi connectivity index (χ2v) is 7.11. The standard InChI is InChI=1S/C21H37N5O.HI/c1-5-13-27-20-10-9-18(14-23-20)15-24-21(22-6-2)26-12-11-19(17-26)16-25(7-3)8-4;/h9-10,14,19H,5-8,11-13,15-17H2,1-4H3,(H,22,24);1H. The Balaban J connectivity index is 0.00000392. The molecule has 1 atom stereocenters. The van der Waals surface area contributed by atoms with Crippen LogP contribution in [0, 0.1) is 5.92 Å². The van der Waals surface area contributed by atoms with Crippen molar-refractivity contribution < 1.29 is 4.74 Å². The quantitative estimate of drug-likeness (QED) is 0.300. The Bertz CT molecular complexity index is 562. The van der Waals surface area contributed by atoms with Crippen molar-refractivity contribution >= 4 is 29.9 Å². The van der Waals surface area contributed by atoms with Gasteiger partial charge >= 0.3 is 0 Å². The fraction of sp³-hybridized carbons (Fsp3) is 0.714. The Hall–Kier alpha value is -1.09. The number of aromatic nitrogens is 1. The zero-order valence-electron chi connectivity index (χ0n) is 18.0. The Morgan fingerprint density at radius 2 is 2.07 bits per heavy atom. The molecular weight excluding hydrogens is 465 g/mol. The number of pyridine rings is 1. The zero-order valence-corrected chi connectivity index (χ0v) is 20.3. The SMILES string of the molecule is CCCOc1ccc(CN=C(NCC)N2CCC(CN(CC)CC)C2)cn1.I. The summed E-state index contributed by atoms with van der Waals surface area (Å²) in [7, 11) is 0. The summed E-state index contributed by atoms with van der Waals surface area (Å²) in [6.07, 6.45) is 4.10. The Labute approximate surface area is 188 Å². The summed E-state index contributed by atoms with van der Waals surface area (Å²) in [6, 6.07) is 3.99. The van der Waals surface area contributed by atoms with E-state index in [0.717, 1.165) is 56.6 Å². The van der Waals surface area contributed by atoms with Gasteiger partial charge in [0.2, 0.25) is 5.88 Å². The molecule has 1 aromatic rings. The number of ether oxygens (including phenoxy) is 1. The molecule has 1 N–H and O–H groups in total. The van der Waals surface area contributed by atoms with E-state index >= 15 is 0 Å². The van der Waals surface area contributed by atoms with Crippen molar-refractivity contribution in [3.05, 3.63) is 23.9 Å². The minimum Gasteiger partial charge on any atom is -0.478 e. The average Bonchev–Trinajstić information content (AvgIpc) is 3.17. The smallest absolute Gasteiger partial charge is 0.213 e. The summed E-state index contributed by atoms with van der Waals surface area (Å²) in [5, 5.41) is 3.45. The van der Waals surface area contributed by atoms with Crippen LogP contribution in [0.15, 0.2) is 23.3 Å². The van der Waals surface area contributed by atoms with Gasteiger partial charge in [0.15, 0.2) is 5.96 Å². The van der Waals surface area contributed by atoms with Gasteiger partial charge in [0.05, 0.1) is 13.2 Å². The topological polar surface area (TPSA) is 53.0 Å². The number of halogens is 1. The lowest BCUT2D eigenvalue weighted by Crippen LogP contribution is -2.40. The van der Waals surface area contributed by atoms with Crippen LogP contribution in [-0.2, 0) is 6.54 Å². The van der Waals surface area contributed by atoms with Gasteiger partial charge in [-0.15, -0.1) is 24.0 Å². The second-order valence-electron chi connectivity index (χ2n) is 7.11. The first kappa shape index (κ1) is 24.9. The number of likely N-dealkylation sites (tertiary alicyclic amines) is 1. The Morgan fingerprint density at radius 3 is 2.68 bits per heavy atom. The van der Waals surface area contributed by atoms with E-state index in [-0.39, 0.29) is 24.0 Å². The minimum absolute atomic E-state index is 0. The highest BCUT2D eigenvalue weighted by atomic mass is 127. The van der Waals surface area contributed by atoms with Crippen molar-refractivity contribution in [2.45, 2.75) is 47.1 Å². The number of hydrogen-bond acceptors (Lipinski definition) is 4. The Kier molecular flexibility index (Phi) is 12.5. The number of nitrogens with one attached hydrogen (secondary N) is 1. The highest BCUT2D eigenvalue weighted by Crippen LogP contribution is 2.18. The second kappa shape index (κ2) is 14.0. The van der Waals surface area contributed by atoms with Crippen LogP contribution in [0.1, 0.15) is 46.1 Å². The minimum atomic E-state index is 0. The van der Waals surface area contributed by atoms with Crippen molar-refractivity contribution in [2.75, 3.05) is 45.9 Å². The average molecular weight is 503 g/mol. The molecule has 7 heteroatoms. The summed E-state index contributed by atoms with van der Waals surface area (Å²) in [5.41, 5.74) is 1.10. The third-order valence-electron chi connectivity index (χ3n) is 4.99. The summed E-state index contributed by atoms with van der Waals surface area (Å²) in [4.78, 5) is 14.1. The molecule has 0 aromatic carbocycles. The van der Waals surface area contributed by atoms with Crippen LogP contribution in [0.25, 0.3) is 0 Å². The maximum Gasteiger partial charge on any atom is 0.213 e. The van der Waals surface area contributed by atoms with Crippen molar-refractivity contribution in [3.8, 4) is 5.88 Å². The van der Waals surface area contributed by atoms with Gasteiger partial charge in [-0.2, -0.15) is 0 Å². The molecule has 0 amide bonds. The van der Waals surface area contributed by atoms with Crippen LogP contribution < -0.4 is 10.1 Å². The molecule has 1 aromatic heterocycles.